The minimum Gasteiger partial charge on any atom is -0.490 e. The van der Waals surface area contributed by atoms with Crippen LogP contribution < -0.4 is 15.8 Å². The summed E-state index contributed by atoms with van der Waals surface area (Å²) in [6.45, 7) is 3.88. The van der Waals surface area contributed by atoms with Gasteiger partial charge in [0.1, 0.15) is 17.4 Å². The van der Waals surface area contributed by atoms with Gasteiger partial charge in [0.25, 0.3) is 0 Å². The number of carbonyl (C=O) groups is 1. The van der Waals surface area contributed by atoms with Crippen molar-refractivity contribution < 1.29 is 18.3 Å². The van der Waals surface area contributed by atoms with Gasteiger partial charge in [-0.3, -0.25) is 4.79 Å². The van der Waals surface area contributed by atoms with Crippen molar-refractivity contribution in [1.29, 1.82) is 0 Å². The third-order valence-corrected chi connectivity index (χ3v) is 3.70. The van der Waals surface area contributed by atoms with Gasteiger partial charge in [0.15, 0.2) is 11.6 Å². The first-order valence-corrected chi connectivity index (χ1v) is 7.02. The fourth-order valence-corrected chi connectivity index (χ4v) is 2.82. The average molecular weight is 298 g/mol. The van der Waals surface area contributed by atoms with E-state index in [2.05, 4.69) is 5.32 Å². The first-order valence-electron chi connectivity index (χ1n) is 7.02. The van der Waals surface area contributed by atoms with Gasteiger partial charge >= 0.3 is 0 Å². The molecule has 0 spiro atoms. The number of carbonyl (C=O) groups excluding carboxylic acids is 1. The second-order valence-electron chi connectivity index (χ2n) is 5.80. The summed E-state index contributed by atoms with van der Waals surface area (Å²) in [7, 11) is 0. The molecular weight excluding hydrogens is 278 g/mol. The molecule has 116 valence electrons. The molecule has 21 heavy (non-hydrogen) atoms. The number of nitrogens with two attached hydrogens (primary N) is 1. The molecule has 0 aliphatic heterocycles. The number of hydrogen-bond donors (Lipinski definition) is 2. The number of ether oxygens (including phenoxy) is 1. The molecule has 2 rings (SSSR count). The minimum atomic E-state index is -0.952. The Morgan fingerprint density at radius 1 is 1.43 bits per heavy atom. The zero-order valence-corrected chi connectivity index (χ0v) is 12.2. The van der Waals surface area contributed by atoms with Crippen LogP contribution in [0.1, 0.15) is 33.1 Å². The monoisotopic (exact) mass is 298 g/mol. The summed E-state index contributed by atoms with van der Waals surface area (Å²) in [5.41, 5.74) is 4.72. The zero-order valence-electron chi connectivity index (χ0n) is 12.2. The van der Waals surface area contributed by atoms with Gasteiger partial charge in [-0.05, 0) is 38.8 Å². The molecule has 2 unspecified atom stereocenters. The summed E-state index contributed by atoms with van der Waals surface area (Å²) in [5, 5.41) is 3.20. The molecule has 1 fully saturated rings. The molecule has 0 heterocycles. The Labute approximate surface area is 122 Å². The Morgan fingerprint density at radius 2 is 2.14 bits per heavy atom. The van der Waals surface area contributed by atoms with Crippen LogP contribution in [0.25, 0.3) is 0 Å². The summed E-state index contributed by atoms with van der Waals surface area (Å²) in [6, 6.07) is 3.51. The summed E-state index contributed by atoms with van der Waals surface area (Å²) < 4.78 is 31.7. The van der Waals surface area contributed by atoms with Crippen molar-refractivity contribution in [2.24, 2.45) is 5.73 Å². The smallest absolute Gasteiger partial charge is 0.237 e. The van der Waals surface area contributed by atoms with Crippen molar-refractivity contribution in [3.63, 3.8) is 0 Å². The SMILES string of the molecule is CC(C)NC1(C(N)=O)CCC(Oc2ccc(F)c(F)c2)C1. The number of benzene rings is 1. The topological polar surface area (TPSA) is 64.3 Å². The predicted molar refractivity (Wildman–Crippen MR) is 74.8 cm³/mol. The number of primary amides is 1. The van der Waals surface area contributed by atoms with Gasteiger partial charge < -0.3 is 15.8 Å². The molecule has 3 N–H and O–H groups in total. The Bertz CT molecular complexity index is 536. The highest BCUT2D eigenvalue weighted by Gasteiger charge is 2.45. The van der Waals surface area contributed by atoms with E-state index in [0.29, 0.717) is 19.3 Å². The Hall–Kier alpha value is -1.69. The van der Waals surface area contributed by atoms with E-state index in [9.17, 15) is 13.6 Å². The summed E-state index contributed by atoms with van der Waals surface area (Å²) in [6.07, 6.45) is 1.35. The zero-order chi connectivity index (χ0) is 15.6. The maximum absolute atomic E-state index is 13.2. The second kappa shape index (κ2) is 5.97. The summed E-state index contributed by atoms with van der Waals surface area (Å²) in [4.78, 5) is 11.8. The van der Waals surface area contributed by atoms with Crippen molar-refractivity contribution in [1.82, 2.24) is 5.32 Å². The van der Waals surface area contributed by atoms with Gasteiger partial charge in [-0.25, -0.2) is 8.78 Å². The largest absolute Gasteiger partial charge is 0.490 e. The molecule has 0 aromatic heterocycles. The molecule has 1 aliphatic rings. The standard InChI is InChI=1S/C15H20F2N2O2/c1-9(2)19-15(14(18)20)6-5-11(8-15)21-10-3-4-12(16)13(17)7-10/h3-4,7,9,11,19H,5-6,8H2,1-2H3,(H2,18,20). The molecule has 2 atom stereocenters. The van der Waals surface area contributed by atoms with E-state index in [1.54, 1.807) is 0 Å². The van der Waals surface area contributed by atoms with Gasteiger partial charge in [0.2, 0.25) is 5.91 Å². The Balaban J connectivity index is 2.06. The van der Waals surface area contributed by atoms with Crippen molar-refractivity contribution in [2.75, 3.05) is 0 Å². The highest BCUT2D eigenvalue weighted by atomic mass is 19.2. The van der Waals surface area contributed by atoms with E-state index < -0.39 is 23.1 Å². The van der Waals surface area contributed by atoms with Gasteiger partial charge in [-0.2, -0.15) is 0 Å². The number of hydrogen-bond acceptors (Lipinski definition) is 3. The molecule has 1 aromatic rings. The van der Waals surface area contributed by atoms with Gasteiger partial charge in [0, 0.05) is 18.5 Å². The Morgan fingerprint density at radius 3 is 2.71 bits per heavy atom. The first-order chi connectivity index (χ1) is 9.82. The van der Waals surface area contributed by atoms with Crippen LogP contribution in [0.4, 0.5) is 8.78 Å². The van der Waals surface area contributed by atoms with E-state index in [1.165, 1.54) is 6.07 Å². The van der Waals surface area contributed by atoms with E-state index in [4.69, 9.17) is 10.5 Å². The molecule has 0 radical (unpaired) electrons. The van der Waals surface area contributed by atoms with Crippen LogP contribution in [0, 0.1) is 11.6 Å². The maximum atomic E-state index is 13.2. The third-order valence-electron chi connectivity index (χ3n) is 3.70. The lowest BCUT2D eigenvalue weighted by atomic mass is 9.95. The van der Waals surface area contributed by atoms with E-state index in [-0.39, 0.29) is 17.9 Å². The van der Waals surface area contributed by atoms with Crippen molar-refractivity contribution in [3.8, 4) is 5.75 Å². The lowest BCUT2D eigenvalue weighted by molar-refractivity contribution is -0.124. The van der Waals surface area contributed by atoms with E-state index in [0.717, 1.165) is 12.1 Å². The van der Waals surface area contributed by atoms with Gasteiger partial charge in [-0.1, -0.05) is 0 Å². The fraction of sp³-hybridized carbons (Fsp3) is 0.533. The van der Waals surface area contributed by atoms with E-state index in [1.807, 2.05) is 13.8 Å². The summed E-state index contributed by atoms with van der Waals surface area (Å²) in [5.74, 6) is -2.02. The summed E-state index contributed by atoms with van der Waals surface area (Å²) >= 11 is 0. The normalized spacial score (nSPS) is 25.3. The fourth-order valence-electron chi connectivity index (χ4n) is 2.82. The van der Waals surface area contributed by atoms with Crippen LogP contribution in [0.15, 0.2) is 18.2 Å². The lowest BCUT2D eigenvalue weighted by Crippen LogP contribution is -2.56. The highest BCUT2D eigenvalue weighted by Crippen LogP contribution is 2.33. The minimum absolute atomic E-state index is 0.111. The Kier molecular flexibility index (Phi) is 4.46. The molecule has 4 nitrogen and oxygen atoms in total. The van der Waals surface area contributed by atoms with E-state index >= 15 is 0 Å². The van der Waals surface area contributed by atoms with Crippen LogP contribution in [0.5, 0.6) is 5.75 Å². The molecule has 1 aliphatic carbocycles. The number of halogens is 2. The predicted octanol–water partition coefficient (Wildman–Crippen LogP) is 2.12. The average Bonchev–Trinajstić information content (AvgIpc) is 2.77. The van der Waals surface area contributed by atoms with Crippen LogP contribution in [-0.2, 0) is 4.79 Å². The second-order valence-corrected chi connectivity index (χ2v) is 5.80. The van der Waals surface area contributed by atoms with Crippen molar-refractivity contribution in [3.05, 3.63) is 29.8 Å². The molecule has 6 heteroatoms. The first kappa shape index (κ1) is 15.7. The van der Waals surface area contributed by atoms with Crippen LogP contribution in [0.2, 0.25) is 0 Å². The molecule has 0 saturated heterocycles. The molecule has 1 saturated carbocycles. The van der Waals surface area contributed by atoms with Crippen molar-refractivity contribution in [2.45, 2.75) is 50.8 Å². The van der Waals surface area contributed by atoms with Gasteiger partial charge in [-0.15, -0.1) is 0 Å². The number of rotatable bonds is 5. The molecule has 0 bridgehead atoms. The van der Waals surface area contributed by atoms with Crippen LogP contribution >= 0.6 is 0 Å². The lowest BCUT2D eigenvalue weighted by Gasteiger charge is -2.29. The van der Waals surface area contributed by atoms with Crippen molar-refractivity contribution >= 4 is 5.91 Å². The maximum Gasteiger partial charge on any atom is 0.237 e. The van der Waals surface area contributed by atoms with Crippen LogP contribution in [-0.4, -0.2) is 23.6 Å². The molecule has 1 aromatic carbocycles. The molecule has 1 amide bonds. The van der Waals surface area contributed by atoms with Gasteiger partial charge in [0.05, 0.1) is 0 Å². The molecular formula is C15H20F2N2O2. The highest BCUT2D eigenvalue weighted by molar-refractivity contribution is 5.85. The van der Waals surface area contributed by atoms with Crippen LogP contribution in [0.3, 0.4) is 0 Å². The quantitative estimate of drug-likeness (QED) is 0.875. The number of amides is 1. The third kappa shape index (κ3) is 3.50. The number of nitrogens with one attached hydrogen (secondary N) is 1.